The molecule has 0 aliphatic rings. The highest BCUT2D eigenvalue weighted by atomic mass is 32.2. The van der Waals surface area contributed by atoms with Crippen molar-refractivity contribution in [1.82, 2.24) is 16.0 Å². The Bertz CT molecular complexity index is 354. The van der Waals surface area contributed by atoms with Crippen LogP contribution in [-0.2, 0) is 23.9 Å². The number of amides is 1. The van der Waals surface area contributed by atoms with Gasteiger partial charge in [-0.3, -0.25) is 14.4 Å². The average molecular weight is 321 g/mol. The zero-order chi connectivity index (χ0) is 16.3. The van der Waals surface area contributed by atoms with Crippen molar-refractivity contribution in [2.45, 2.75) is 12.1 Å². The minimum Gasteiger partial charge on any atom is -0.468 e. The van der Waals surface area contributed by atoms with Gasteiger partial charge in [-0.1, -0.05) is 0 Å². The molecule has 0 fully saturated rings. The van der Waals surface area contributed by atoms with E-state index in [1.54, 1.807) is 14.1 Å². The van der Waals surface area contributed by atoms with E-state index < -0.39 is 18.1 Å². The first-order valence-electron chi connectivity index (χ1n) is 6.34. The number of ether oxygens (including phenoxy) is 2. The minimum absolute atomic E-state index is 0.148. The van der Waals surface area contributed by atoms with Crippen LogP contribution in [0.4, 0.5) is 0 Å². The predicted molar refractivity (Wildman–Crippen MR) is 80.1 cm³/mol. The van der Waals surface area contributed by atoms with E-state index in [-0.39, 0.29) is 24.2 Å². The Balaban J connectivity index is 3.99. The van der Waals surface area contributed by atoms with Crippen LogP contribution in [0.25, 0.3) is 0 Å². The lowest BCUT2D eigenvalue weighted by molar-refractivity contribution is -0.143. The van der Waals surface area contributed by atoms with Gasteiger partial charge in [0, 0.05) is 12.3 Å². The van der Waals surface area contributed by atoms with Gasteiger partial charge in [0.05, 0.1) is 20.0 Å². The molecule has 0 radical (unpaired) electrons. The van der Waals surface area contributed by atoms with E-state index in [0.29, 0.717) is 5.75 Å². The van der Waals surface area contributed by atoms with Crippen molar-refractivity contribution in [3.05, 3.63) is 0 Å². The second-order valence-corrected chi connectivity index (χ2v) is 5.08. The number of hydrogen-bond donors (Lipinski definition) is 3. The van der Waals surface area contributed by atoms with Crippen LogP contribution < -0.4 is 16.0 Å². The Hall–Kier alpha value is -1.32. The van der Waals surface area contributed by atoms with E-state index in [4.69, 9.17) is 0 Å². The molecule has 0 spiro atoms. The summed E-state index contributed by atoms with van der Waals surface area (Å²) in [6, 6.07) is -1.03. The summed E-state index contributed by atoms with van der Waals surface area (Å²) in [4.78, 5) is 34.3. The number of esters is 2. The summed E-state index contributed by atoms with van der Waals surface area (Å²) in [7, 11) is 5.86. The van der Waals surface area contributed by atoms with Crippen molar-refractivity contribution in [2.75, 3.05) is 46.4 Å². The molecule has 0 saturated carbocycles. The molecular formula is C12H23N3O5S. The van der Waals surface area contributed by atoms with E-state index in [1.807, 2.05) is 0 Å². The number of hydrogen-bond acceptors (Lipinski definition) is 8. The Labute approximate surface area is 128 Å². The number of rotatable bonds is 10. The molecule has 0 heterocycles. The SMILES string of the molecule is CNC(CNC(=O)CSCC(NC)C(=O)OC)C(=O)OC. The van der Waals surface area contributed by atoms with E-state index in [2.05, 4.69) is 25.4 Å². The summed E-state index contributed by atoms with van der Waals surface area (Å²) in [5, 5.41) is 8.18. The number of carbonyl (C=O) groups excluding carboxylic acids is 3. The van der Waals surface area contributed by atoms with Crippen LogP contribution >= 0.6 is 11.8 Å². The Morgan fingerprint density at radius 2 is 1.52 bits per heavy atom. The summed E-state index contributed by atoms with van der Waals surface area (Å²) in [5.41, 5.74) is 0. The molecule has 21 heavy (non-hydrogen) atoms. The summed E-state index contributed by atoms with van der Waals surface area (Å²) in [5.74, 6) is -0.419. The fourth-order valence-corrected chi connectivity index (χ4v) is 2.34. The number of carbonyl (C=O) groups is 3. The number of methoxy groups -OCH3 is 2. The third kappa shape index (κ3) is 7.88. The van der Waals surface area contributed by atoms with Crippen molar-refractivity contribution < 1.29 is 23.9 Å². The van der Waals surface area contributed by atoms with Gasteiger partial charge in [-0.25, -0.2) is 0 Å². The van der Waals surface area contributed by atoms with Crippen molar-refractivity contribution in [1.29, 1.82) is 0 Å². The van der Waals surface area contributed by atoms with E-state index in [1.165, 1.54) is 26.0 Å². The number of nitrogens with one attached hydrogen (secondary N) is 3. The predicted octanol–water partition coefficient (Wildman–Crippen LogP) is -1.64. The first-order valence-corrected chi connectivity index (χ1v) is 7.50. The first kappa shape index (κ1) is 19.7. The zero-order valence-electron chi connectivity index (χ0n) is 12.7. The normalized spacial score (nSPS) is 13.1. The van der Waals surface area contributed by atoms with Crippen LogP contribution in [0, 0.1) is 0 Å². The molecule has 0 aliphatic carbocycles. The number of thioether (sulfide) groups is 1. The maximum atomic E-state index is 11.6. The van der Waals surface area contributed by atoms with Gasteiger partial charge < -0.3 is 25.4 Å². The molecule has 2 atom stereocenters. The van der Waals surface area contributed by atoms with Crippen molar-refractivity contribution >= 4 is 29.6 Å². The van der Waals surface area contributed by atoms with Gasteiger partial charge in [-0.15, -0.1) is 11.8 Å². The Morgan fingerprint density at radius 3 is 2.00 bits per heavy atom. The maximum Gasteiger partial charge on any atom is 0.324 e. The van der Waals surface area contributed by atoms with Crippen LogP contribution in [0.1, 0.15) is 0 Å². The highest BCUT2D eigenvalue weighted by Gasteiger charge is 2.19. The van der Waals surface area contributed by atoms with Gasteiger partial charge in [0.25, 0.3) is 0 Å². The number of likely N-dealkylation sites (N-methyl/N-ethyl adjacent to an activating group) is 2. The molecule has 122 valence electrons. The van der Waals surface area contributed by atoms with Gasteiger partial charge in [0.15, 0.2) is 0 Å². The quantitative estimate of drug-likeness (QED) is 0.411. The lowest BCUT2D eigenvalue weighted by Gasteiger charge is -2.15. The van der Waals surface area contributed by atoms with Crippen LogP contribution in [-0.4, -0.2) is 76.3 Å². The molecule has 1 amide bonds. The molecule has 9 heteroatoms. The molecule has 0 rings (SSSR count). The van der Waals surface area contributed by atoms with Gasteiger partial charge in [0.2, 0.25) is 5.91 Å². The molecule has 0 bridgehead atoms. The molecule has 2 unspecified atom stereocenters. The molecule has 0 aliphatic heterocycles. The highest BCUT2D eigenvalue weighted by Crippen LogP contribution is 2.03. The summed E-state index contributed by atoms with van der Waals surface area (Å²) < 4.78 is 9.20. The summed E-state index contributed by atoms with van der Waals surface area (Å²) in [6.07, 6.45) is 0. The second-order valence-electron chi connectivity index (χ2n) is 4.05. The van der Waals surface area contributed by atoms with Crippen LogP contribution in [0.2, 0.25) is 0 Å². The van der Waals surface area contributed by atoms with Crippen LogP contribution in [0.5, 0.6) is 0 Å². The van der Waals surface area contributed by atoms with Crippen molar-refractivity contribution in [2.24, 2.45) is 0 Å². The van der Waals surface area contributed by atoms with E-state index >= 15 is 0 Å². The summed E-state index contributed by atoms with van der Waals surface area (Å²) in [6.45, 7) is 0.148. The molecule has 0 aromatic carbocycles. The fourth-order valence-electron chi connectivity index (χ4n) is 1.39. The lowest BCUT2D eigenvalue weighted by atomic mass is 10.3. The molecular weight excluding hydrogens is 298 g/mol. The standard InChI is InChI=1S/C12H23N3O5S/c1-13-8(11(17)19-3)5-15-10(16)7-21-6-9(14-2)12(18)20-4/h8-9,13-14H,5-7H2,1-4H3,(H,15,16). The van der Waals surface area contributed by atoms with E-state index in [9.17, 15) is 14.4 Å². The highest BCUT2D eigenvalue weighted by molar-refractivity contribution is 8.00. The maximum absolute atomic E-state index is 11.6. The van der Waals surface area contributed by atoms with Gasteiger partial charge in [-0.2, -0.15) is 0 Å². The largest absolute Gasteiger partial charge is 0.468 e. The van der Waals surface area contributed by atoms with Gasteiger partial charge >= 0.3 is 11.9 Å². The fraction of sp³-hybridized carbons (Fsp3) is 0.750. The Morgan fingerprint density at radius 1 is 1.00 bits per heavy atom. The van der Waals surface area contributed by atoms with Crippen LogP contribution in [0.3, 0.4) is 0 Å². The second kappa shape index (κ2) is 11.4. The van der Waals surface area contributed by atoms with Crippen LogP contribution in [0.15, 0.2) is 0 Å². The van der Waals surface area contributed by atoms with Crippen molar-refractivity contribution in [3.8, 4) is 0 Å². The molecule has 0 aromatic rings. The molecule has 0 aromatic heterocycles. The first-order chi connectivity index (χ1) is 9.99. The zero-order valence-corrected chi connectivity index (χ0v) is 13.5. The Kier molecular flexibility index (Phi) is 10.6. The molecule has 0 saturated heterocycles. The smallest absolute Gasteiger partial charge is 0.324 e. The molecule has 8 nitrogen and oxygen atoms in total. The topological polar surface area (TPSA) is 106 Å². The monoisotopic (exact) mass is 321 g/mol. The van der Waals surface area contributed by atoms with Crippen molar-refractivity contribution in [3.63, 3.8) is 0 Å². The molecule has 3 N–H and O–H groups in total. The van der Waals surface area contributed by atoms with Gasteiger partial charge in [0.1, 0.15) is 12.1 Å². The van der Waals surface area contributed by atoms with E-state index in [0.717, 1.165) is 0 Å². The third-order valence-electron chi connectivity index (χ3n) is 2.69. The lowest BCUT2D eigenvalue weighted by Crippen LogP contribution is -2.45. The third-order valence-corrected chi connectivity index (χ3v) is 3.72. The average Bonchev–Trinajstić information content (AvgIpc) is 2.50. The van der Waals surface area contributed by atoms with Gasteiger partial charge in [-0.05, 0) is 14.1 Å². The summed E-state index contributed by atoms with van der Waals surface area (Å²) >= 11 is 1.30. The minimum atomic E-state index is -0.580.